The predicted molar refractivity (Wildman–Crippen MR) is 118 cm³/mol. The van der Waals surface area contributed by atoms with E-state index in [1.807, 2.05) is 18.2 Å². The van der Waals surface area contributed by atoms with Crippen molar-refractivity contribution in [1.82, 2.24) is 9.88 Å². The van der Waals surface area contributed by atoms with Crippen LogP contribution < -0.4 is 18.9 Å². The van der Waals surface area contributed by atoms with Gasteiger partial charge in [-0.1, -0.05) is 0 Å². The van der Waals surface area contributed by atoms with Crippen LogP contribution >= 0.6 is 0 Å². The highest BCUT2D eigenvalue weighted by Crippen LogP contribution is 2.42. The molecule has 3 heterocycles. The lowest BCUT2D eigenvalue weighted by Crippen LogP contribution is -2.31. The Morgan fingerprint density at radius 1 is 1.09 bits per heavy atom. The average Bonchev–Trinajstić information content (AvgIpc) is 3.15. The van der Waals surface area contributed by atoms with Gasteiger partial charge in [-0.3, -0.25) is 14.7 Å². The van der Waals surface area contributed by atoms with Crippen LogP contribution in [0.25, 0.3) is 6.08 Å². The van der Waals surface area contributed by atoms with E-state index in [0.29, 0.717) is 48.2 Å². The minimum Gasteiger partial charge on any atom is -0.497 e. The van der Waals surface area contributed by atoms with Crippen molar-refractivity contribution in [3.63, 3.8) is 0 Å². The molecule has 0 fully saturated rings. The summed E-state index contributed by atoms with van der Waals surface area (Å²) in [7, 11) is 3.18. The Hall–Kier alpha value is -3.84. The smallest absolute Gasteiger partial charge is 0.231 e. The highest BCUT2D eigenvalue weighted by Gasteiger charge is 2.33. The number of rotatable bonds is 5. The Kier molecular flexibility index (Phi) is 5.25. The second-order valence-corrected chi connectivity index (χ2v) is 7.58. The number of benzene rings is 2. The fourth-order valence-electron chi connectivity index (χ4n) is 3.95. The molecule has 1 aromatic heterocycles. The molecule has 7 heteroatoms. The van der Waals surface area contributed by atoms with Crippen LogP contribution in [0.5, 0.6) is 23.0 Å². The van der Waals surface area contributed by atoms with Gasteiger partial charge in [0.05, 0.1) is 25.3 Å². The zero-order valence-corrected chi connectivity index (χ0v) is 17.8. The first kappa shape index (κ1) is 20.1. The number of hydrogen-bond acceptors (Lipinski definition) is 7. The zero-order chi connectivity index (χ0) is 22.1. The molecule has 0 saturated carbocycles. The molecule has 5 rings (SSSR count). The number of hydrogen-bond donors (Lipinski definition) is 0. The van der Waals surface area contributed by atoms with Gasteiger partial charge in [0.2, 0.25) is 5.78 Å². The van der Waals surface area contributed by atoms with Gasteiger partial charge in [0.25, 0.3) is 0 Å². The molecule has 0 unspecified atom stereocenters. The third-order valence-electron chi connectivity index (χ3n) is 5.56. The Morgan fingerprint density at radius 2 is 1.94 bits per heavy atom. The summed E-state index contributed by atoms with van der Waals surface area (Å²) < 4.78 is 22.8. The van der Waals surface area contributed by atoms with Crippen molar-refractivity contribution in [3.05, 3.63) is 82.9 Å². The Labute approximate surface area is 185 Å². The molecule has 32 heavy (non-hydrogen) atoms. The quantitative estimate of drug-likeness (QED) is 0.565. The first-order chi connectivity index (χ1) is 15.7. The molecule has 3 aromatic rings. The van der Waals surface area contributed by atoms with Crippen molar-refractivity contribution in [2.24, 2.45) is 0 Å². The van der Waals surface area contributed by atoms with E-state index >= 15 is 0 Å². The highest BCUT2D eigenvalue weighted by molar-refractivity contribution is 6.15. The van der Waals surface area contributed by atoms with Gasteiger partial charge >= 0.3 is 0 Å². The van der Waals surface area contributed by atoms with Gasteiger partial charge in [-0.05, 0) is 54.1 Å². The first-order valence-electron chi connectivity index (χ1n) is 10.2. The van der Waals surface area contributed by atoms with Crippen molar-refractivity contribution >= 4 is 11.9 Å². The summed E-state index contributed by atoms with van der Waals surface area (Å²) in [6.07, 6.45) is 5.24. The molecule has 0 spiro atoms. The number of nitrogens with zero attached hydrogens (tertiary/aromatic N) is 2. The second-order valence-electron chi connectivity index (χ2n) is 7.58. The van der Waals surface area contributed by atoms with Gasteiger partial charge in [-0.25, -0.2) is 0 Å². The highest BCUT2D eigenvalue weighted by atomic mass is 16.5. The van der Waals surface area contributed by atoms with Crippen LogP contribution in [0.15, 0.2) is 60.6 Å². The third kappa shape index (κ3) is 3.67. The molecule has 0 saturated heterocycles. The van der Waals surface area contributed by atoms with E-state index < -0.39 is 0 Å². The maximum Gasteiger partial charge on any atom is 0.231 e. The van der Waals surface area contributed by atoms with Gasteiger partial charge in [0, 0.05) is 31.0 Å². The van der Waals surface area contributed by atoms with Gasteiger partial charge in [-0.15, -0.1) is 0 Å². The van der Waals surface area contributed by atoms with E-state index in [0.717, 1.165) is 16.9 Å². The van der Waals surface area contributed by atoms with E-state index in [-0.39, 0.29) is 11.5 Å². The molecule has 0 N–H and O–H groups in total. The number of aromatic nitrogens is 1. The Bertz CT molecular complexity index is 1210. The minimum absolute atomic E-state index is 0.168. The van der Waals surface area contributed by atoms with Gasteiger partial charge < -0.3 is 18.9 Å². The molecular formula is C25H22N2O5. The molecule has 2 aliphatic heterocycles. The summed E-state index contributed by atoms with van der Waals surface area (Å²) >= 11 is 0. The normalized spacial score (nSPS) is 16.2. The molecule has 0 radical (unpaired) electrons. The van der Waals surface area contributed by atoms with Gasteiger partial charge in [0.15, 0.2) is 5.76 Å². The van der Waals surface area contributed by atoms with Crippen LogP contribution in [0, 0.1) is 0 Å². The molecule has 2 aliphatic rings. The molecule has 0 bridgehead atoms. The number of carbonyl (C=O) groups is 1. The van der Waals surface area contributed by atoms with Crippen LogP contribution in [0.3, 0.4) is 0 Å². The molecule has 0 aliphatic carbocycles. The number of fused-ring (bicyclic) bond motifs is 3. The zero-order valence-electron chi connectivity index (χ0n) is 17.8. The van der Waals surface area contributed by atoms with Crippen LogP contribution in [-0.4, -0.2) is 36.6 Å². The van der Waals surface area contributed by atoms with Crippen LogP contribution in [0.2, 0.25) is 0 Å². The summed E-state index contributed by atoms with van der Waals surface area (Å²) in [5.74, 6) is 2.66. The summed E-state index contributed by atoms with van der Waals surface area (Å²) in [5, 5.41) is 0. The van der Waals surface area contributed by atoms with Crippen molar-refractivity contribution in [3.8, 4) is 23.0 Å². The number of ketones is 1. The Balaban J connectivity index is 1.45. The lowest BCUT2D eigenvalue weighted by molar-refractivity contribution is 0.0872. The number of allylic oxidation sites excluding steroid dienone is 1. The Morgan fingerprint density at radius 3 is 2.72 bits per heavy atom. The average molecular weight is 430 g/mol. The summed E-state index contributed by atoms with van der Waals surface area (Å²) in [5.41, 5.74) is 3.25. The standard InChI is InChI=1S/C25H22N2O5/c1-29-18-3-5-21(30-2)17(11-18)12-23-24(28)19-4-6-22-20(25(19)32-23)14-27(15-31-22)13-16-7-9-26-10-8-16/h3-12H,13-15H2,1-2H3. The van der Waals surface area contributed by atoms with Crippen molar-refractivity contribution in [1.29, 1.82) is 0 Å². The molecule has 2 aromatic carbocycles. The third-order valence-corrected chi connectivity index (χ3v) is 5.56. The van der Waals surface area contributed by atoms with Gasteiger partial charge in [-0.2, -0.15) is 0 Å². The summed E-state index contributed by atoms with van der Waals surface area (Å²) in [6.45, 7) is 1.79. The maximum absolute atomic E-state index is 13.1. The summed E-state index contributed by atoms with van der Waals surface area (Å²) in [4.78, 5) is 19.3. The van der Waals surface area contributed by atoms with Crippen LogP contribution in [0.1, 0.15) is 27.0 Å². The number of carbonyl (C=O) groups excluding carboxylic acids is 1. The minimum atomic E-state index is -0.168. The van der Waals surface area contributed by atoms with E-state index in [1.54, 1.807) is 57.0 Å². The van der Waals surface area contributed by atoms with E-state index in [9.17, 15) is 4.79 Å². The number of pyridine rings is 1. The fraction of sp³-hybridized carbons (Fsp3) is 0.200. The van der Waals surface area contributed by atoms with Crippen molar-refractivity contribution < 1.29 is 23.7 Å². The molecular weight excluding hydrogens is 408 g/mol. The molecule has 162 valence electrons. The fourth-order valence-corrected chi connectivity index (χ4v) is 3.95. The van der Waals surface area contributed by atoms with E-state index in [1.165, 1.54) is 0 Å². The van der Waals surface area contributed by atoms with E-state index in [4.69, 9.17) is 18.9 Å². The number of ether oxygens (including phenoxy) is 4. The SMILES string of the molecule is COc1ccc(OC)c(C=C2Oc3c(ccc4c3CN(Cc3ccncc3)CO4)C2=O)c1. The monoisotopic (exact) mass is 430 g/mol. The number of methoxy groups -OCH3 is 2. The molecule has 0 atom stereocenters. The van der Waals surface area contributed by atoms with Gasteiger partial charge in [0.1, 0.15) is 29.7 Å². The van der Waals surface area contributed by atoms with Crippen LogP contribution in [-0.2, 0) is 13.1 Å². The van der Waals surface area contributed by atoms with Crippen LogP contribution in [0.4, 0.5) is 0 Å². The summed E-state index contributed by atoms with van der Waals surface area (Å²) in [6, 6.07) is 13.0. The maximum atomic E-state index is 13.1. The lowest BCUT2D eigenvalue weighted by Gasteiger charge is -2.29. The predicted octanol–water partition coefficient (Wildman–Crippen LogP) is 4.07. The topological polar surface area (TPSA) is 70.1 Å². The van der Waals surface area contributed by atoms with Crippen molar-refractivity contribution in [2.45, 2.75) is 13.1 Å². The lowest BCUT2D eigenvalue weighted by atomic mass is 10.0. The number of Topliss-reactive ketones (excluding diaryl/α,β-unsaturated/α-hetero) is 1. The van der Waals surface area contributed by atoms with E-state index in [2.05, 4.69) is 9.88 Å². The molecule has 0 amide bonds. The van der Waals surface area contributed by atoms with Crippen molar-refractivity contribution in [2.75, 3.05) is 21.0 Å². The second kappa shape index (κ2) is 8.36. The molecule has 7 nitrogen and oxygen atoms in total. The first-order valence-corrected chi connectivity index (χ1v) is 10.2. The largest absolute Gasteiger partial charge is 0.497 e.